The Morgan fingerprint density at radius 2 is 2.00 bits per heavy atom. The average molecular weight is 121 g/mol. The molecular formula is C8H11N. The molecule has 0 aliphatic carbocycles. The number of rotatable bonds is 0. The third-order valence-corrected chi connectivity index (χ3v) is 1.56. The summed E-state index contributed by atoms with van der Waals surface area (Å²) in [7, 11) is 0. The van der Waals surface area contributed by atoms with Gasteiger partial charge in [-0.05, 0) is 44.2 Å². The number of hydrogen-bond acceptors (Lipinski definition) is 1. The topological polar surface area (TPSA) is 12.4 Å². The summed E-state index contributed by atoms with van der Waals surface area (Å²) in [5.41, 5.74) is 3.73. The van der Waals surface area contributed by atoms with Crippen LogP contribution in [-0.4, -0.2) is 5.87 Å². The van der Waals surface area contributed by atoms with Crippen LogP contribution in [0.15, 0.2) is 21.8 Å². The van der Waals surface area contributed by atoms with Gasteiger partial charge in [-0.3, -0.25) is 0 Å². The number of allylic oxidation sites excluding steroid dienone is 3. The molecular weight excluding hydrogens is 110 g/mol. The standard InChI is InChI=1S/C8H11N/c1-6-4-7(2)8(3)9-5-6/h4H2,1-3H3. The highest BCUT2D eigenvalue weighted by Crippen LogP contribution is 2.15. The second-order valence-electron chi connectivity index (χ2n) is 2.55. The lowest BCUT2D eigenvalue weighted by Crippen LogP contribution is -1.89. The van der Waals surface area contributed by atoms with Crippen LogP contribution in [0.3, 0.4) is 0 Å². The molecule has 0 bridgehead atoms. The van der Waals surface area contributed by atoms with Crippen LogP contribution in [0.2, 0.25) is 0 Å². The van der Waals surface area contributed by atoms with Crippen molar-refractivity contribution in [1.29, 1.82) is 0 Å². The number of hydrogen-bond donors (Lipinski definition) is 0. The van der Waals surface area contributed by atoms with Crippen LogP contribution in [0.25, 0.3) is 0 Å². The van der Waals surface area contributed by atoms with E-state index in [1.807, 2.05) is 6.92 Å². The van der Waals surface area contributed by atoms with Crippen molar-refractivity contribution in [2.45, 2.75) is 27.2 Å². The van der Waals surface area contributed by atoms with Crippen molar-refractivity contribution in [2.24, 2.45) is 4.99 Å². The molecule has 0 spiro atoms. The van der Waals surface area contributed by atoms with Crippen LogP contribution in [0.1, 0.15) is 27.2 Å². The predicted molar refractivity (Wildman–Crippen MR) is 39.6 cm³/mol. The van der Waals surface area contributed by atoms with Crippen LogP contribution >= 0.6 is 0 Å². The number of aliphatic imine (C=N–C) groups is 1. The molecule has 0 atom stereocenters. The first-order valence-corrected chi connectivity index (χ1v) is 3.15. The molecule has 0 unspecified atom stereocenters. The van der Waals surface area contributed by atoms with Gasteiger partial charge in [-0.2, -0.15) is 0 Å². The third kappa shape index (κ3) is 1.30. The zero-order valence-electron chi connectivity index (χ0n) is 6.15. The SMILES string of the molecule is CC1=C=NC(C)=C(C)C1. The van der Waals surface area contributed by atoms with Gasteiger partial charge in [0.2, 0.25) is 0 Å². The van der Waals surface area contributed by atoms with Crippen molar-refractivity contribution in [3.63, 3.8) is 0 Å². The van der Waals surface area contributed by atoms with E-state index in [0.717, 1.165) is 12.1 Å². The summed E-state index contributed by atoms with van der Waals surface area (Å²) < 4.78 is 0. The van der Waals surface area contributed by atoms with Gasteiger partial charge in [-0.25, -0.2) is 4.99 Å². The van der Waals surface area contributed by atoms with Crippen molar-refractivity contribution in [3.05, 3.63) is 16.8 Å². The lowest BCUT2D eigenvalue weighted by atomic mass is 10.1. The van der Waals surface area contributed by atoms with Crippen LogP contribution in [0.5, 0.6) is 0 Å². The normalized spacial score (nSPS) is 18.3. The summed E-state index contributed by atoms with van der Waals surface area (Å²) in [6.07, 6.45) is 1.05. The quantitative estimate of drug-likeness (QED) is 0.466. The van der Waals surface area contributed by atoms with Crippen LogP contribution in [0.4, 0.5) is 0 Å². The van der Waals surface area contributed by atoms with Crippen LogP contribution < -0.4 is 0 Å². The van der Waals surface area contributed by atoms with Gasteiger partial charge in [0.1, 0.15) is 0 Å². The Hall–Kier alpha value is -0.810. The van der Waals surface area contributed by atoms with E-state index in [0.29, 0.717) is 0 Å². The minimum Gasteiger partial charge on any atom is -0.211 e. The lowest BCUT2D eigenvalue weighted by molar-refractivity contribution is 1.04. The molecule has 1 rings (SSSR count). The summed E-state index contributed by atoms with van der Waals surface area (Å²) >= 11 is 0. The first kappa shape index (κ1) is 6.31. The Bertz CT molecular complexity index is 215. The molecule has 0 radical (unpaired) electrons. The summed E-state index contributed by atoms with van der Waals surface area (Å²) in [5.74, 6) is 2.95. The second-order valence-corrected chi connectivity index (χ2v) is 2.55. The average Bonchev–Trinajstić information content (AvgIpc) is 1.80. The maximum atomic E-state index is 4.08. The molecule has 0 aromatic carbocycles. The summed E-state index contributed by atoms with van der Waals surface area (Å²) in [4.78, 5) is 4.08. The van der Waals surface area contributed by atoms with E-state index in [1.54, 1.807) is 0 Å². The Balaban J connectivity index is 2.96. The largest absolute Gasteiger partial charge is 0.211 e. The molecule has 0 aromatic rings. The van der Waals surface area contributed by atoms with Crippen molar-refractivity contribution in [2.75, 3.05) is 0 Å². The van der Waals surface area contributed by atoms with Crippen molar-refractivity contribution in [1.82, 2.24) is 0 Å². The number of nitrogens with zero attached hydrogens (tertiary/aromatic N) is 1. The summed E-state index contributed by atoms with van der Waals surface area (Å²) in [5, 5.41) is 0. The van der Waals surface area contributed by atoms with Crippen molar-refractivity contribution in [3.8, 4) is 0 Å². The maximum absolute atomic E-state index is 4.08. The molecule has 0 amide bonds. The Kier molecular flexibility index (Phi) is 1.54. The molecule has 1 aliphatic rings. The van der Waals surface area contributed by atoms with Gasteiger partial charge in [-0.1, -0.05) is 0 Å². The van der Waals surface area contributed by atoms with E-state index in [9.17, 15) is 0 Å². The van der Waals surface area contributed by atoms with E-state index >= 15 is 0 Å². The van der Waals surface area contributed by atoms with Crippen LogP contribution in [0, 0.1) is 0 Å². The Labute approximate surface area is 55.8 Å². The van der Waals surface area contributed by atoms with E-state index in [4.69, 9.17) is 0 Å². The zero-order valence-corrected chi connectivity index (χ0v) is 6.15. The zero-order chi connectivity index (χ0) is 6.85. The molecule has 0 fully saturated rings. The summed E-state index contributed by atoms with van der Waals surface area (Å²) in [6.45, 7) is 6.19. The van der Waals surface area contributed by atoms with Gasteiger partial charge in [0, 0.05) is 5.70 Å². The van der Waals surface area contributed by atoms with Gasteiger partial charge in [-0.15, -0.1) is 0 Å². The fourth-order valence-corrected chi connectivity index (χ4v) is 0.840. The maximum Gasteiger partial charge on any atom is 0.0465 e. The first-order chi connectivity index (χ1) is 4.20. The minimum atomic E-state index is 1.05. The highest BCUT2D eigenvalue weighted by atomic mass is 14.7. The van der Waals surface area contributed by atoms with Crippen LogP contribution in [-0.2, 0) is 0 Å². The van der Waals surface area contributed by atoms with E-state index in [-0.39, 0.29) is 0 Å². The van der Waals surface area contributed by atoms with E-state index in [2.05, 4.69) is 24.7 Å². The molecule has 0 saturated carbocycles. The molecule has 1 aliphatic heterocycles. The van der Waals surface area contributed by atoms with Gasteiger partial charge in [0.15, 0.2) is 0 Å². The molecule has 0 saturated heterocycles. The molecule has 0 aromatic heterocycles. The molecule has 1 nitrogen and oxygen atoms in total. The third-order valence-electron chi connectivity index (χ3n) is 1.56. The highest BCUT2D eigenvalue weighted by molar-refractivity contribution is 5.61. The molecule has 0 N–H and O–H groups in total. The van der Waals surface area contributed by atoms with E-state index in [1.165, 1.54) is 11.1 Å². The fourth-order valence-electron chi connectivity index (χ4n) is 0.840. The first-order valence-electron chi connectivity index (χ1n) is 3.15. The Morgan fingerprint density at radius 1 is 1.33 bits per heavy atom. The molecule has 1 heteroatoms. The lowest BCUT2D eigenvalue weighted by Gasteiger charge is -2.04. The molecule has 1 heterocycles. The van der Waals surface area contributed by atoms with E-state index < -0.39 is 0 Å². The highest BCUT2D eigenvalue weighted by Gasteiger charge is 2.00. The molecule has 48 valence electrons. The minimum absolute atomic E-state index is 1.05. The predicted octanol–water partition coefficient (Wildman–Crippen LogP) is 2.30. The smallest absolute Gasteiger partial charge is 0.0465 e. The van der Waals surface area contributed by atoms with Gasteiger partial charge in [0.05, 0.1) is 0 Å². The van der Waals surface area contributed by atoms with Gasteiger partial charge < -0.3 is 0 Å². The van der Waals surface area contributed by atoms with Crippen molar-refractivity contribution < 1.29 is 0 Å². The fraction of sp³-hybridized carbons (Fsp3) is 0.500. The monoisotopic (exact) mass is 121 g/mol. The Morgan fingerprint density at radius 3 is 2.44 bits per heavy atom. The second kappa shape index (κ2) is 2.20. The van der Waals surface area contributed by atoms with Crippen molar-refractivity contribution >= 4 is 5.87 Å². The van der Waals surface area contributed by atoms with Gasteiger partial charge in [0.25, 0.3) is 0 Å². The van der Waals surface area contributed by atoms with Gasteiger partial charge >= 0.3 is 0 Å². The molecule has 9 heavy (non-hydrogen) atoms. The summed E-state index contributed by atoms with van der Waals surface area (Å²) in [6, 6.07) is 0.